The van der Waals surface area contributed by atoms with Crippen molar-refractivity contribution in [2.24, 2.45) is 11.8 Å². The molecule has 1 aromatic carbocycles. The van der Waals surface area contributed by atoms with Crippen LogP contribution in [0.2, 0.25) is 5.02 Å². The van der Waals surface area contributed by atoms with Crippen LogP contribution in [0, 0.1) is 5.92 Å². The summed E-state index contributed by atoms with van der Waals surface area (Å²) in [5.41, 5.74) is 1.02. The second kappa shape index (κ2) is 7.09. The summed E-state index contributed by atoms with van der Waals surface area (Å²) in [6, 6.07) is 5.20. The van der Waals surface area contributed by atoms with Crippen LogP contribution in [0.1, 0.15) is 0 Å². The average molecular weight is 382 g/mol. The lowest BCUT2D eigenvalue weighted by Gasteiger charge is -2.30. The smallest absolute Gasteiger partial charge is 0.263 e. The van der Waals surface area contributed by atoms with E-state index in [2.05, 4.69) is 21.6 Å². The number of rotatable bonds is 7. The van der Waals surface area contributed by atoms with Gasteiger partial charge >= 0.3 is 0 Å². The van der Waals surface area contributed by atoms with E-state index in [1.54, 1.807) is 18.3 Å². The number of aromatic nitrogens is 1. The number of nitrogens with one attached hydrogen (secondary N) is 3. The summed E-state index contributed by atoms with van der Waals surface area (Å²) in [5.74, 6) is 6.32. The number of halogens is 1. The number of nitrogens with two attached hydrogens (primary N) is 1. The zero-order valence-corrected chi connectivity index (χ0v) is 15.1. The first-order valence-corrected chi connectivity index (χ1v) is 9.61. The lowest BCUT2D eigenvalue weighted by atomic mass is 10.0. The van der Waals surface area contributed by atoms with E-state index in [0.717, 1.165) is 18.5 Å². The number of benzene rings is 1. The molecule has 0 radical (unpaired) electrons. The highest BCUT2D eigenvalue weighted by Gasteiger charge is 2.21. The van der Waals surface area contributed by atoms with Crippen LogP contribution in [0.3, 0.4) is 0 Å². The molecule has 1 fully saturated rings. The maximum Gasteiger partial charge on any atom is 0.263 e. The molecule has 0 bridgehead atoms. The molecule has 1 saturated heterocycles. The van der Waals surface area contributed by atoms with Crippen molar-refractivity contribution in [1.29, 1.82) is 0 Å². The van der Waals surface area contributed by atoms with Crippen LogP contribution < -0.4 is 15.9 Å². The summed E-state index contributed by atoms with van der Waals surface area (Å²) in [7, 11) is -3.83. The van der Waals surface area contributed by atoms with Gasteiger partial charge in [0.1, 0.15) is 4.91 Å². The molecule has 1 aliphatic rings. The van der Waals surface area contributed by atoms with Gasteiger partial charge in [-0.05, 0) is 12.1 Å². The molecule has 7 nitrogen and oxygen atoms in total. The van der Waals surface area contributed by atoms with Gasteiger partial charge in [-0.2, -0.15) is 0 Å². The highest BCUT2D eigenvalue weighted by atomic mass is 35.5. The number of H-pyrrole nitrogens is 1. The summed E-state index contributed by atoms with van der Waals surface area (Å²) < 4.78 is 27.9. The Kier molecular flexibility index (Phi) is 5.05. The SMILES string of the molecule is C=C/C(=C\N(N)CC1CNC1)S(=O)(=O)Nc1cccc2c(Cl)c[nH]c12. The van der Waals surface area contributed by atoms with E-state index in [0.29, 0.717) is 28.7 Å². The van der Waals surface area contributed by atoms with Crippen molar-refractivity contribution < 1.29 is 8.42 Å². The number of hydrazine groups is 1. The van der Waals surface area contributed by atoms with Crippen molar-refractivity contribution in [3.8, 4) is 0 Å². The van der Waals surface area contributed by atoms with Crippen LogP contribution in [0.25, 0.3) is 10.9 Å². The summed E-state index contributed by atoms with van der Waals surface area (Å²) in [5, 5.41) is 5.80. The van der Waals surface area contributed by atoms with Crippen molar-refractivity contribution in [3.63, 3.8) is 0 Å². The van der Waals surface area contributed by atoms with Gasteiger partial charge in [0.15, 0.2) is 0 Å². The molecule has 2 aromatic rings. The Morgan fingerprint density at radius 1 is 1.48 bits per heavy atom. The van der Waals surface area contributed by atoms with E-state index in [1.165, 1.54) is 17.3 Å². The molecular formula is C16H20ClN5O2S. The predicted molar refractivity (Wildman–Crippen MR) is 101 cm³/mol. The standard InChI is InChI=1S/C16H20ClN5O2S/c1-2-12(10-22(18)9-11-6-19-7-11)25(23,24)21-15-5-3-4-13-14(17)8-20-16(13)15/h2-5,8,10-11,19-21H,1,6-7,9,18H2/b12-10+. The van der Waals surface area contributed by atoms with Crippen molar-refractivity contribution in [2.45, 2.75) is 0 Å². The molecule has 0 spiro atoms. The van der Waals surface area contributed by atoms with Crippen molar-refractivity contribution in [3.05, 3.63) is 53.2 Å². The highest BCUT2D eigenvalue weighted by Crippen LogP contribution is 2.29. The van der Waals surface area contributed by atoms with Crippen LogP contribution in [-0.2, 0) is 10.0 Å². The monoisotopic (exact) mass is 381 g/mol. The third-order valence-corrected chi connectivity index (χ3v) is 5.74. The van der Waals surface area contributed by atoms with Gasteiger partial charge in [-0.25, -0.2) is 14.3 Å². The first-order valence-electron chi connectivity index (χ1n) is 7.75. The van der Waals surface area contributed by atoms with E-state index < -0.39 is 10.0 Å². The first kappa shape index (κ1) is 17.8. The minimum atomic E-state index is -3.83. The van der Waals surface area contributed by atoms with Crippen LogP contribution in [0.15, 0.2) is 48.2 Å². The van der Waals surface area contributed by atoms with Crippen LogP contribution in [-0.4, -0.2) is 38.0 Å². The van der Waals surface area contributed by atoms with Gasteiger partial charge in [0, 0.05) is 43.3 Å². The Bertz CT molecular complexity index is 918. The number of aromatic amines is 1. The zero-order valence-electron chi connectivity index (χ0n) is 13.5. The molecule has 9 heteroatoms. The predicted octanol–water partition coefficient (Wildman–Crippen LogP) is 1.99. The van der Waals surface area contributed by atoms with Crippen molar-refractivity contribution >= 4 is 38.2 Å². The van der Waals surface area contributed by atoms with E-state index in [-0.39, 0.29) is 4.91 Å². The van der Waals surface area contributed by atoms with E-state index in [1.807, 2.05) is 6.07 Å². The number of nitrogens with zero attached hydrogens (tertiary/aromatic N) is 1. The van der Waals surface area contributed by atoms with Gasteiger partial charge in [0.2, 0.25) is 0 Å². The molecule has 0 aliphatic carbocycles. The Hall–Kier alpha value is -2.00. The Morgan fingerprint density at radius 3 is 2.88 bits per heavy atom. The molecule has 134 valence electrons. The molecule has 5 N–H and O–H groups in total. The molecule has 3 rings (SSSR count). The van der Waals surface area contributed by atoms with Gasteiger partial charge in [0.05, 0.1) is 16.2 Å². The minimum Gasteiger partial charge on any atom is -0.358 e. The molecule has 1 aliphatic heterocycles. The van der Waals surface area contributed by atoms with Gasteiger partial charge < -0.3 is 15.3 Å². The van der Waals surface area contributed by atoms with E-state index >= 15 is 0 Å². The largest absolute Gasteiger partial charge is 0.358 e. The summed E-state index contributed by atoms with van der Waals surface area (Å²) >= 11 is 6.08. The number of anilines is 1. The Morgan fingerprint density at radius 2 is 2.24 bits per heavy atom. The summed E-state index contributed by atoms with van der Waals surface area (Å²) in [6.07, 6.45) is 4.26. The molecular weight excluding hydrogens is 362 g/mol. The average Bonchev–Trinajstić information content (AvgIpc) is 2.91. The third kappa shape index (κ3) is 3.82. The number of allylic oxidation sites excluding steroid dienone is 1. The number of hydrogen-bond donors (Lipinski definition) is 4. The molecule has 0 saturated carbocycles. The molecule has 0 unspecified atom stereocenters. The molecule has 1 aromatic heterocycles. The van der Waals surface area contributed by atoms with Crippen LogP contribution >= 0.6 is 11.6 Å². The maximum absolute atomic E-state index is 12.7. The summed E-state index contributed by atoms with van der Waals surface area (Å²) in [6.45, 7) is 5.92. The van der Waals surface area contributed by atoms with Crippen LogP contribution in [0.5, 0.6) is 0 Å². The first-order chi connectivity index (χ1) is 11.9. The van der Waals surface area contributed by atoms with Gasteiger partial charge in [-0.3, -0.25) is 4.72 Å². The topological polar surface area (TPSA) is 103 Å². The molecule has 2 heterocycles. The number of hydrogen-bond acceptors (Lipinski definition) is 5. The molecule has 0 atom stereocenters. The maximum atomic E-state index is 12.7. The van der Waals surface area contributed by atoms with Gasteiger partial charge in [-0.15, -0.1) is 0 Å². The fraction of sp³-hybridized carbons (Fsp3) is 0.250. The summed E-state index contributed by atoms with van der Waals surface area (Å²) in [4.78, 5) is 2.97. The molecule has 25 heavy (non-hydrogen) atoms. The van der Waals surface area contributed by atoms with E-state index in [9.17, 15) is 8.42 Å². The fourth-order valence-corrected chi connectivity index (χ4v) is 3.92. The minimum absolute atomic E-state index is 0.00283. The van der Waals surface area contributed by atoms with Crippen LogP contribution in [0.4, 0.5) is 5.69 Å². The van der Waals surface area contributed by atoms with Crippen molar-refractivity contribution in [1.82, 2.24) is 15.3 Å². The number of fused-ring (bicyclic) bond motifs is 1. The van der Waals surface area contributed by atoms with Gasteiger partial charge in [-0.1, -0.05) is 30.3 Å². The number of para-hydroxylation sites is 1. The fourth-order valence-electron chi connectivity index (χ4n) is 2.63. The Balaban J connectivity index is 1.84. The molecule has 0 amide bonds. The Labute approximate surface area is 151 Å². The lowest BCUT2D eigenvalue weighted by Crippen LogP contribution is -2.48. The lowest BCUT2D eigenvalue weighted by molar-refractivity contribution is 0.247. The highest BCUT2D eigenvalue weighted by molar-refractivity contribution is 7.96. The second-order valence-corrected chi connectivity index (χ2v) is 8.02. The zero-order chi connectivity index (χ0) is 18.0. The second-order valence-electron chi connectivity index (χ2n) is 5.93. The van der Waals surface area contributed by atoms with Crippen molar-refractivity contribution in [2.75, 3.05) is 24.4 Å². The quantitative estimate of drug-likeness (QED) is 0.333. The third-order valence-electron chi connectivity index (χ3n) is 4.05. The number of sulfonamides is 1. The normalized spacial score (nSPS) is 15.8. The van der Waals surface area contributed by atoms with Gasteiger partial charge in [0.25, 0.3) is 10.0 Å². The van der Waals surface area contributed by atoms with E-state index in [4.69, 9.17) is 17.4 Å².